The largest absolute Gasteiger partial charge is 0.496 e. The molecule has 0 aliphatic carbocycles. The Balaban J connectivity index is 2.88. The highest BCUT2D eigenvalue weighted by atomic mass is 16.5. The van der Waals surface area contributed by atoms with Gasteiger partial charge in [0.25, 0.3) is 0 Å². The lowest BCUT2D eigenvalue weighted by Gasteiger charge is -2.25. The molecule has 0 bridgehead atoms. The van der Waals surface area contributed by atoms with Crippen LogP contribution in [-0.4, -0.2) is 26.4 Å². The van der Waals surface area contributed by atoms with Crippen LogP contribution in [0.3, 0.4) is 0 Å². The van der Waals surface area contributed by atoms with Crippen LogP contribution in [0.15, 0.2) is 18.2 Å². The maximum absolute atomic E-state index is 6.04. The molecule has 0 aromatic heterocycles. The normalized spacial score (nSPS) is 14.2. The second kappa shape index (κ2) is 9.06. The van der Waals surface area contributed by atoms with Gasteiger partial charge in [-0.3, -0.25) is 0 Å². The monoisotopic (exact) mass is 293 g/mol. The summed E-state index contributed by atoms with van der Waals surface area (Å²) in [6, 6.07) is 6.48. The van der Waals surface area contributed by atoms with Gasteiger partial charge in [-0.05, 0) is 38.8 Å². The Morgan fingerprint density at radius 2 is 1.90 bits per heavy atom. The number of ether oxygens (including phenoxy) is 2. The molecule has 3 heteroatoms. The number of hydrogen-bond acceptors (Lipinski definition) is 3. The minimum absolute atomic E-state index is 0.168. The quantitative estimate of drug-likeness (QED) is 0.743. The highest BCUT2D eigenvalue weighted by molar-refractivity contribution is 5.39. The highest BCUT2D eigenvalue weighted by Gasteiger charge is 2.18. The Morgan fingerprint density at radius 1 is 1.19 bits per heavy atom. The van der Waals surface area contributed by atoms with Crippen LogP contribution in [-0.2, 0) is 4.74 Å². The number of rotatable bonds is 9. The van der Waals surface area contributed by atoms with Gasteiger partial charge in [-0.25, -0.2) is 0 Å². The van der Waals surface area contributed by atoms with E-state index >= 15 is 0 Å². The van der Waals surface area contributed by atoms with Crippen molar-refractivity contribution in [3.63, 3.8) is 0 Å². The minimum atomic E-state index is 0.168. The Hall–Kier alpha value is -1.06. The summed E-state index contributed by atoms with van der Waals surface area (Å²) in [5.41, 5.74) is 2.42. The summed E-state index contributed by atoms with van der Waals surface area (Å²) in [6.45, 7) is 12.4. The number of nitrogens with one attached hydrogen (secondary N) is 1. The molecule has 0 fully saturated rings. The molecule has 1 aromatic carbocycles. The Labute approximate surface area is 130 Å². The van der Waals surface area contributed by atoms with Gasteiger partial charge in [0.05, 0.1) is 25.9 Å². The molecule has 0 saturated heterocycles. The third kappa shape index (κ3) is 5.68. The summed E-state index contributed by atoms with van der Waals surface area (Å²) >= 11 is 0. The maximum atomic E-state index is 6.04. The molecular formula is C18H31NO2. The summed E-state index contributed by atoms with van der Waals surface area (Å²) < 4.78 is 11.6. The van der Waals surface area contributed by atoms with Crippen LogP contribution in [0.25, 0.3) is 0 Å². The van der Waals surface area contributed by atoms with Crippen LogP contribution in [0, 0.1) is 12.8 Å². The SMILES string of the molecule is CCCNC(COC(C)C(C)C)c1cc(C)ccc1OC. The molecule has 0 saturated carbocycles. The minimum Gasteiger partial charge on any atom is -0.496 e. The summed E-state index contributed by atoms with van der Waals surface area (Å²) in [5.74, 6) is 1.45. The molecule has 1 rings (SSSR count). The first-order valence-electron chi connectivity index (χ1n) is 7.99. The van der Waals surface area contributed by atoms with E-state index in [1.165, 1.54) is 11.1 Å². The van der Waals surface area contributed by atoms with Crippen molar-refractivity contribution >= 4 is 0 Å². The fraction of sp³-hybridized carbons (Fsp3) is 0.667. The van der Waals surface area contributed by atoms with Crippen molar-refractivity contribution < 1.29 is 9.47 Å². The van der Waals surface area contributed by atoms with Crippen molar-refractivity contribution in [3.8, 4) is 5.75 Å². The van der Waals surface area contributed by atoms with Crippen LogP contribution < -0.4 is 10.1 Å². The van der Waals surface area contributed by atoms with E-state index in [-0.39, 0.29) is 12.1 Å². The second-order valence-corrected chi connectivity index (χ2v) is 6.03. The third-order valence-electron chi connectivity index (χ3n) is 3.87. The van der Waals surface area contributed by atoms with Crippen molar-refractivity contribution in [1.82, 2.24) is 5.32 Å². The smallest absolute Gasteiger partial charge is 0.123 e. The highest BCUT2D eigenvalue weighted by Crippen LogP contribution is 2.27. The van der Waals surface area contributed by atoms with Gasteiger partial charge in [0.1, 0.15) is 5.75 Å². The van der Waals surface area contributed by atoms with E-state index in [4.69, 9.17) is 9.47 Å². The van der Waals surface area contributed by atoms with Crippen LogP contribution in [0.2, 0.25) is 0 Å². The lowest BCUT2D eigenvalue weighted by Crippen LogP contribution is -2.29. The summed E-state index contributed by atoms with van der Waals surface area (Å²) in [4.78, 5) is 0. The zero-order valence-corrected chi connectivity index (χ0v) is 14.4. The van der Waals surface area contributed by atoms with Gasteiger partial charge < -0.3 is 14.8 Å². The molecule has 0 aliphatic heterocycles. The van der Waals surface area contributed by atoms with Crippen molar-refractivity contribution in [1.29, 1.82) is 0 Å². The standard InChI is InChI=1S/C18H31NO2/c1-7-10-19-17(12-21-15(5)13(2)3)16-11-14(4)8-9-18(16)20-6/h8-9,11,13,15,17,19H,7,10,12H2,1-6H3. The van der Waals surface area contributed by atoms with E-state index in [0.29, 0.717) is 12.5 Å². The fourth-order valence-corrected chi connectivity index (χ4v) is 2.14. The number of methoxy groups -OCH3 is 1. The van der Waals surface area contributed by atoms with E-state index in [1.807, 2.05) is 6.07 Å². The fourth-order valence-electron chi connectivity index (χ4n) is 2.14. The van der Waals surface area contributed by atoms with Crippen LogP contribution in [0.1, 0.15) is 51.3 Å². The van der Waals surface area contributed by atoms with E-state index in [2.05, 4.69) is 52.1 Å². The first kappa shape index (κ1) is 18.0. The van der Waals surface area contributed by atoms with Crippen LogP contribution in [0.4, 0.5) is 0 Å². The molecular weight excluding hydrogens is 262 g/mol. The summed E-state index contributed by atoms with van der Waals surface area (Å²) in [6.07, 6.45) is 1.36. The molecule has 0 amide bonds. The van der Waals surface area contributed by atoms with E-state index in [9.17, 15) is 0 Å². The molecule has 0 aliphatic rings. The first-order chi connectivity index (χ1) is 9.99. The van der Waals surface area contributed by atoms with Crippen molar-refractivity contribution in [2.75, 3.05) is 20.3 Å². The van der Waals surface area contributed by atoms with Gasteiger partial charge >= 0.3 is 0 Å². The van der Waals surface area contributed by atoms with Gasteiger partial charge in [-0.2, -0.15) is 0 Å². The topological polar surface area (TPSA) is 30.5 Å². The predicted octanol–water partition coefficient (Wildman–Crippen LogP) is 4.11. The van der Waals surface area contributed by atoms with Gasteiger partial charge in [-0.1, -0.05) is 38.5 Å². The average molecular weight is 293 g/mol. The van der Waals surface area contributed by atoms with E-state index in [1.54, 1.807) is 7.11 Å². The lowest BCUT2D eigenvalue weighted by molar-refractivity contribution is 0.0215. The van der Waals surface area contributed by atoms with Gasteiger partial charge in [-0.15, -0.1) is 0 Å². The third-order valence-corrected chi connectivity index (χ3v) is 3.87. The second-order valence-electron chi connectivity index (χ2n) is 6.03. The number of hydrogen-bond donors (Lipinski definition) is 1. The van der Waals surface area contributed by atoms with Crippen LogP contribution >= 0.6 is 0 Å². The Bertz CT molecular complexity index is 418. The van der Waals surface area contributed by atoms with E-state index < -0.39 is 0 Å². The molecule has 0 spiro atoms. The van der Waals surface area contributed by atoms with Gasteiger partial charge in [0.2, 0.25) is 0 Å². The summed E-state index contributed by atoms with van der Waals surface area (Å²) in [7, 11) is 1.72. The molecule has 0 radical (unpaired) electrons. The molecule has 3 nitrogen and oxygen atoms in total. The molecule has 0 heterocycles. The number of benzene rings is 1. The molecule has 21 heavy (non-hydrogen) atoms. The lowest BCUT2D eigenvalue weighted by atomic mass is 10.0. The van der Waals surface area contributed by atoms with Crippen molar-refractivity contribution in [2.24, 2.45) is 5.92 Å². The first-order valence-corrected chi connectivity index (χ1v) is 7.99. The average Bonchev–Trinajstić information content (AvgIpc) is 2.47. The predicted molar refractivity (Wildman–Crippen MR) is 89.0 cm³/mol. The van der Waals surface area contributed by atoms with Crippen LogP contribution in [0.5, 0.6) is 5.75 Å². The van der Waals surface area contributed by atoms with E-state index in [0.717, 1.165) is 18.7 Å². The van der Waals surface area contributed by atoms with Crippen molar-refractivity contribution in [3.05, 3.63) is 29.3 Å². The Kier molecular flexibility index (Phi) is 7.76. The zero-order chi connectivity index (χ0) is 15.8. The molecule has 1 aromatic rings. The Morgan fingerprint density at radius 3 is 2.48 bits per heavy atom. The maximum Gasteiger partial charge on any atom is 0.123 e. The molecule has 1 N–H and O–H groups in total. The van der Waals surface area contributed by atoms with Gasteiger partial charge in [0, 0.05) is 5.56 Å². The number of aryl methyl sites for hydroxylation is 1. The van der Waals surface area contributed by atoms with Gasteiger partial charge in [0.15, 0.2) is 0 Å². The zero-order valence-electron chi connectivity index (χ0n) is 14.4. The summed E-state index contributed by atoms with van der Waals surface area (Å²) in [5, 5.41) is 3.58. The molecule has 2 atom stereocenters. The molecule has 120 valence electrons. The molecule has 2 unspecified atom stereocenters. The van der Waals surface area contributed by atoms with Crippen molar-refractivity contribution in [2.45, 2.75) is 53.2 Å².